The zero-order valence-electron chi connectivity index (χ0n) is 15.5. The van der Waals surface area contributed by atoms with Crippen LogP contribution in [0.15, 0.2) is 12.1 Å². The number of pyridine rings is 1. The van der Waals surface area contributed by atoms with Crippen LogP contribution < -0.4 is 15.0 Å². The summed E-state index contributed by atoms with van der Waals surface area (Å²) in [6.07, 6.45) is 4.90. The number of carboxylic acids is 1. The highest BCUT2D eigenvalue weighted by atomic mass is 16.5. The number of rotatable bonds is 8. The minimum absolute atomic E-state index is 0.180. The summed E-state index contributed by atoms with van der Waals surface area (Å²) in [7, 11) is 0. The van der Waals surface area contributed by atoms with E-state index in [-0.39, 0.29) is 12.1 Å². The lowest BCUT2D eigenvalue weighted by molar-refractivity contribution is -0.143. The smallest absolute Gasteiger partial charge is 0.329 e. The monoisotopic (exact) mass is 361 g/mol. The van der Waals surface area contributed by atoms with Crippen LogP contribution in [0.4, 0.5) is 5.69 Å². The average Bonchev–Trinajstić information content (AvgIpc) is 3.30. The molecule has 0 spiro atoms. The first-order valence-corrected chi connectivity index (χ1v) is 9.37. The van der Waals surface area contributed by atoms with Gasteiger partial charge < -0.3 is 20.1 Å². The Balaban J connectivity index is 1.81. The van der Waals surface area contributed by atoms with Gasteiger partial charge in [0.2, 0.25) is 5.88 Å². The Labute approximate surface area is 153 Å². The number of carbonyl (C=O) groups excluding carboxylic acids is 1. The van der Waals surface area contributed by atoms with Gasteiger partial charge in [-0.3, -0.25) is 4.79 Å². The van der Waals surface area contributed by atoms with Crippen molar-refractivity contribution < 1.29 is 19.4 Å². The molecule has 0 radical (unpaired) electrons. The standard InChI is InChI=1S/C19H27N3O4/c1-3-19(2,18(24)25)21-16(23)14-8-9-15(22-10-4-5-11-22)17(20-14)26-12-13-6-7-13/h8-9,13H,3-7,10-12H2,1-2H3,(H,21,23)(H,24,25). The molecule has 2 fully saturated rings. The fraction of sp³-hybridized carbons (Fsp3) is 0.632. The summed E-state index contributed by atoms with van der Waals surface area (Å²) in [5.41, 5.74) is -0.225. The minimum atomic E-state index is -1.32. The molecule has 7 heteroatoms. The van der Waals surface area contributed by atoms with Crippen LogP contribution in [0.2, 0.25) is 0 Å². The molecule has 1 unspecified atom stereocenters. The van der Waals surface area contributed by atoms with Crippen molar-refractivity contribution in [1.29, 1.82) is 0 Å². The lowest BCUT2D eigenvalue weighted by atomic mass is 9.99. The van der Waals surface area contributed by atoms with Gasteiger partial charge in [0.25, 0.3) is 5.91 Å². The first-order chi connectivity index (χ1) is 12.4. The van der Waals surface area contributed by atoms with Crippen molar-refractivity contribution in [2.24, 2.45) is 5.92 Å². The maximum Gasteiger partial charge on any atom is 0.329 e. The maximum absolute atomic E-state index is 12.6. The number of anilines is 1. The number of nitrogens with one attached hydrogen (secondary N) is 1. The number of nitrogens with zero attached hydrogens (tertiary/aromatic N) is 2. The number of hydrogen-bond acceptors (Lipinski definition) is 5. The number of hydrogen-bond donors (Lipinski definition) is 2. The normalized spacial score (nSPS) is 19.1. The van der Waals surface area contributed by atoms with Crippen molar-refractivity contribution in [2.75, 3.05) is 24.6 Å². The molecule has 0 aromatic carbocycles. The van der Waals surface area contributed by atoms with E-state index in [1.165, 1.54) is 19.8 Å². The van der Waals surface area contributed by atoms with Crippen molar-refractivity contribution in [3.05, 3.63) is 17.8 Å². The van der Waals surface area contributed by atoms with Crippen LogP contribution >= 0.6 is 0 Å². The van der Waals surface area contributed by atoms with E-state index in [0.29, 0.717) is 18.4 Å². The van der Waals surface area contributed by atoms with E-state index >= 15 is 0 Å². The Kier molecular flexibility index (Phi) is 5.34. The van der Waals surface area contributed by atoms with Gasteiger partial charge >= 0.3 is 5.97 Å². The molecule has 7 nitrogen and oxygen atoms in total. The second kappa shape index (κ2) is 7.51. The van der Waals surface area contributed by atoms with Crippen LogP contribution in [0.1, 0.15) is 56.4 Å². The molecule has 3 rings (SSSR count). The molecule has 1 aromatic rings. The molecule has 2 aliphatic rings. The molecule has 1 aromatic heterocycles. The predicted molar refractivity (Wildman–Crippen MR) is 97.7 cm³/mol. The van der Waals surface area contributed by atoms with Gasteiger partial charge in [-0.25, -0.2) is 9.78 Å². The van der Waals surface area contributed by atoms with Gasteiger partial charge in [0, 0.05) is 13.1 Å². The van der Waals surface area contributed by atoms with Crippen molar-refractivity contribution in [3.8, 4) is 5.88 Å². The summed E-state index contributed by atoms with van der Waals surface area (Å²) in [6, 6.07) is 3.50. The van der Waals surface area contributed by atoms with Gasteiger partial charge in [0.1, 0.15) is 11.2 Å². The second-order valence-corrected chi connectivity index (χ2v) is 7.41. The topological polar surface area (TPSA) is 91.8 Å². The molecule has 1 saturated carbocycles. The first kappa shape index (κ1) is 18.5. The third-order valence-electron chi connectivity index (χ3n) is 5.24. The lowest BCUT2D eigenvalue weighted by Gasteiger charge is -2.25. The highest BCUT2D eigenvalue weighted by Gasteiger charge is 2.34. The SMILES string of the molecule is CCC(C)(NC(=O)c1ccc(N2CCCC2)c(OCC2CC2)n1)C(=O)O. The molecule has 26 heavy (non-hydrogen) atoms. The highest BCUT2D eigenvalue weighted by molar-refractivity contribution is 5.96. The van der Waals surface area contributed by atoms with E-state index in [4.69, 9.17) is 4.74 Å². The fourth-order valence-electron chi connectivity index (χ4n) is 2.95. The summed E-state index contributed by atoms with van der Waals surface area (Å²) in [6.45, 7) is 5.75. The number of amides is 1. The van der Waals surface area contributed by atoms with Crippen LogP contribution in [-0.2, 0) is 4.79 Å². The quantitative estimate of drug-likeness (QED) is 0.739. The minimum Gasteiger partial charge on any atom is -0.480 e. The number of carbonyl (C=O) groups is 2. The number of carboxylic acid groups (broad SMARTS) is 1. The molecule has 142 valence electrons. The highest BCUT2D eigenvalue weighted by Crippen LogP contribution is 2.33. The van der Waals surface area contributed by atoms with Crippen molar-refractivity contribution in [1.82, 2.24) is 10.3 Å². The van der Waals surface area contributed by atoms with Gasteiger partial charge in [0.15, 0.2) is 0 Å². The Bertz CT molecular complexity index is 683. The predicted octanol–water partition coefficient (Wildman–Crippen LogP) is 2.45. The van der Waals surface area contributed by atoms with E-state index in [0.717, 1.165) is 31.6 Å². The van der Waals surface area contributed by atoms with Gasteiger partial charge in [-0.05, 0) is 57.1 Å². The number of aliphatic carboxylic acids is 1. The van der Waals surface area contributed by atoms with Crippen LogP contribution in [0.3, 0.4) is 0 Å². The zero-order chi connectivity index (χ0) is 18.7. The Morgan fingerprint density at radius 2 is 2.04 bits per heavy atom. The summed E-state index contributed by atoms with van der Waals surface area (Å²) in [5.74, 6) is -0.510. The van der Waals surface area contributed by atoms with Crippen molar-refractivity contribution in [2.45, 2.75) is 51.5 Å². The molecule has 1 atom stereocenters. The molecule has 1 aliphatic heterocycles. The third kappa shape index (κ3) is 4.08. The first-order valence-electron chi connectivity index (χ1n) is 9.37. The Morgan fingerprint density at radius 3 is 2.62 bits per heavy atom. The van der Waals surface area contributed by atoms with Crippen LogP contribution in [0.25, 0.3) is 0 Å². The Hall–Kier alpha value is -2.31. The summed E-state index contributed by atoms with van der Waals surface area (Å²) in [4.78, 5) is 30.6. The third-order valence-corrected chi connectivity index (χ3v) is 5.24. The fourth-order valence-corrected chi connectivity index (χ4v) is 2.95. The number of ether oxygens (including phenoxy) is 1. The largest absolute Gasteiger partial charge is 0.480 e. The molecular weight excluding hydrogens is 334 g/mol. The van der Waals surface area contributed by atoms with E-state index in [1.54, 1.807) is 13.0 Å². The zero-order valence-corrected chi connectivity index (χ0v) is 15.5. The summed E-state index contributed by atoms with van der Waals surface area (Å²) < 4.78 is 5.92. The molecule has 1 aliphatic carbocycles. The molecule has 0 bridgehead atoms. The van der Waals surface area contributed by atoms with E-state index in [1.807, 2.05) is 6.07 Å². The molecule has 1 amide bonds. The second-order valence-electron chi connectivity index (χ2n) is 7.41. The van der Waals surface area contributed by atoms with Crippen molar-refractivity contribution >= 4 is 17.6 Å². The molecule has 1 saturated heterocycles. The van der Waals surface area contributed by atoms with Gasteiger partial charge in [0.05, 0.1) is 12.3 Å². The number of aromatic nitrogens is 1. The van der Waals surface area contributed by atoms with Gasteiger partial charge in [-0.1, -0.05) is 6.92 Å². The lowest BCUT2D eigenvalue weighted by Crippen LogP contribution is -2.51. The van der Waals surface area contributed by atoms with E-state index in [9.17, 15) is 14.7 Å². The summed E-state index contributed by atoms with van der Waals surface area (Å²) in [5, 5.41) is 11.9. The summed E-state index contributed by atoms with van der Waals surface area (Å²) >= 11 is 0. The van der Waals surface area contributed by atoms with Crippen LogP contribution in [0, 0.1) is 5.92 Å². The molecular formula is C19H27N3O4. The average molecular weight is 361 g/mol. The maximum atomic E-state index is 12.6. The van der Waals surface area contributed by atoms with Crippen molar-refractivity contribution in [3.63, 3.8) is 0 Å². The molecule has 2 heterocycles. The molecule has 2 N–H and O–H groups in total. The van der Waals surface area contributed by atoms with Gasteiger partial charge in [-0.15, -0.1) is 0 Å². The van der Waals surface area contributed by atoms with E-state index in [2.05, 4.69) is 15.2 Å². The Morgan fingerprint density at radius 1 is 1.35 bits per heavy atom. The van der Waals surface area contributed by atoms with Crippen LogP contribution in [-0.4, -0.2) is 47.2 Å². The van der Waals surface area contributed by atoms with E-state index < -0.39 is 17.4 Å². The van der Waals surface area contributed by atoms with Crippen LogP contribution in [0.5, 0.6) is 5.88 Å². The van der Waals surface area contributed by atoms with Gasteiger partial charge in [-0.2, -0.15) is 0 Å².